The number of hydrogen-bond acceptors (Lipinski definition) is 3. The Bertz CT molecular complexity index is 948. The predicted octanol–water partition coefficient (Wildman–Crippen LogP) is 8.81. The number of rotatable bonds is 7. The van der Waals surface area contributed by atoms with Crippen LogP contribution < -0.4 is 0 Å². The van der Waals surface area contributed by atoms with Gasteiger partial charge < -0.3 is 14.6 Å². The van der Waals surface area contributed by atoms with Gasteiger partial charge in [0.1, 0.15) is 0 Å². The van der Waals surface area contributed by atoms with Crippen LogP contribution in [0.15, 0.2) is 23.3 Å². The summed E-state index contributed by atoms with van der Waals surface area (Å²) in [5.41, 5.74) is 1.94. The van der Waals surface area contributed by atoms with Gasteiger partial charge in [0.25, 0.3) is 0 Å². The van der Waals surface area contributed by atoms with E-state index in [1.165, 1.54) is 38.5 Å². The van der Waals surface area contributed by atoms with Crippen molar-refractivity contribution in [2.24, 2.45) is 34.5 Å². The molecule has 0 amide bonds. The van der Waals surface area contributed by atoms with Gasteiger partial charge in [0, 0.05) is 6.10 Å². The number of allylic oxidation sites excluding steroid dienone is 3. The van der Waals surface area contributed by atoms with Gasteiger partial charge in [-0.05, 0) is 131 Å². The Kier molecular flexibility index (Phi) is 7.91. The van der Waals surface area contributed by atoms with Crippen LogP contribution in [0.25, 0.3) is 0 Å². The first-order valence-electron chi connectivity index (χ1n) is 15.8. The molecule has 38 heavy (non-hydrogen) atoms. The molecule has 3 fully saturated rings. The Morgan fingerprint density at radius 2 is 1.61 bits per heavy atom. The van der Waals surface area contributed by atoms with Crippen molar-refractivity contribution in [2.45, 2.75) is 156 Å². The summed E-state index contributed by atoms with van der Waals surface area (Å²) < 4.78 is 6.91. The van der Waals surface area contributed by atoms with E-state index in [2.05, 4.69) is 66.8 Å². The molecule has 0 aliphatic heterocycles. The molecule has 4 heteroatoms. The van der Waals surface area contributed by atoms with Crippen molar-refractivity contribution in [1.82, 2.24) is 0 Å². The van der Waals surface area contributed by atoms with Crippen molar-refractivity contribution in [3.05, 3.63) is 23.3 Å². The van der Waals surface area contributed by atoms with Gasteiger partial charge >= 0.3 is 0 Å². The molecule has 0 aromatic rings. The molecule has 3 saturated carbocycles. The summed E-state index contributed by atoms with van der Waals surface area (Å²) in [6.07, 6.45) is 15.9. The summed E-state index contributed by atoms with van der Waals surface area (Å²) in [5, 5.41) is 21.6. The Hall–Kier alpha value is -0.423. The SMILES string of the molecule is C[C@H](CC[C@@](C)(O)C(C)(C)O)[C@H]1CC[C@H]2C3=CC=C4C[C@@H](O[Si](C)(C)C(C)(C)C)CC[C@]4(C)[C@H]3CC[C@]12C. The zero-order valence-corrected chi connectivity index (χ0v) is 27.7. The summed E-state index contributed by atoms with van der Waals surface area (Å²) >= 11 is 0. The lowest BCUT2D eigenvalue weighted by molar-refractivity contribution is -0.127. The van der Waals surface area contributed by atoms with Crippen LogP contribution in [0.4, 0.5) is 0 Å². The van der Waals surface area contributed by atoms with Gasteiger partial charge in [-0.25, -0.2) is 0 Å². The van der Waals surface area contributed by atoms with E-state index in [-0.39, 0.29) is 5.04 Å². The van der Waals surface area contributed by atoms with Gasteiger partial charge in [0.15, 0.2) is 8.32 Å². The first-order valence-corrected chi connectivity index (χ1v) is 18.7. The highest BCUT2D eigenvalue weighted by Crippen LogP contribution is 2.66. The Balaban J connectivity index is 1.49. The van der Waals surface area contributed by atoms with Crippen LogP contribution in [-0.2, 0) is 4.43 Å². The molecule has 0 unspecified atom stereocenters. The van der Waals surface area contributed by atoms with Crippen LogP contribution in [0.1, 0.15) is 120 Å². The largest absolute Gasteiger partial charge is 0.414 e. The second-order valence-electron chi connectivity index (χ2n) is 16.7. The van der Waals surface area contributed by atoms with Crippen molar-refractivity contribution < 1.29 is 14.6 Å². The van der Waals surface area contributed by atoms with E-state index >= 15 is 0 Å². The van der Waals surface area contributed by atoms with E-state index in [9.17, 15) is 10.2 Å². The standard InChI is InChI=1S/C34H60O3Si/c1-23(16-21-34(9,36)31(5,6)35)27-14-15-28-26-13-12-24-22-25(37-38(10,11)30(2,3)4)17-19-32(24,7)29(26)18-20-33(27,28)8/h12-13,23,25,27-29,35-36H,14-22H2,1-11H3/t23-,25+,27-,28+,29+,32+,33-,34-/m1/s1. The molecule has 4 rings (SSSR count). The molecule has 0 radical (unpaired) electrons. The van der Waals surface area contributed by atoms with E-state index in [0.717, 1.165) is 12.8 Å². The van der Waals surface area contributed by atoms with Crippen molar-refractivity contribution in [1.29, 1.82) is 0 Å². The zero-order chi connectivity index (χ0) is 28.5. The summed E-state index contributed by atoms with van der Waals surface area (Å²) in [5.74, 6) is 2.64. The molecule has 0 bridgehead atoms. The molecule has 0 saturated heterocycles. The molecule has 0 aromatic carbocycles. The fraction of sp³-hybridized carbons (Fsp3) is 0.882. The lowest BCUT2D eigenvalue weighted by atomic mass is 9.50. The zero-order valence-electron chi connectivity index (χ0n) is 26.7. The highest BCUT2D eigenvalue weighted by Gasteiger charge is 2.57. The van der Waals surface area contributed by atoms with Gasteiger partial charge in [0.2, 0.25) is 0 Å². The van der Waals surface area contributed by atoms with Gasteiger partial charge in [-0.2, -0.15) is 0 Å². The maximum absolute atomic E-state index is 10.9. The quantitative estimate of drug-likeness (QED) is 0.315. The van der Waals surface area contributed by atoms with E-state index in [1.54, 1.807) is 31.9 Å². The Morgan fingerprint density at radius 3 is 2.21 bits per heavy atom. The molecule has 0 heterocycles. The number of aliphatic hydroxyl groups is 2. The second-order valence-corrected chi connectivity index (χ2v) is 21.5. The Labute approximate surface area is 236 Å². The third-order valence-electron chi connectivity index (χ3n) is 13.0. The van der Waals surface area contributed by atoms with Crippen LogP contribution in [0.5, 0.6) is 0 Å². The second kappa shape index (κ2) is 9.84. The number of hydrogen-bond donors (Lipinski definition) is 2. The first kappa shape index (κ1) is 30.5. The highest BCUT2D eigenvalue weighted by molar-refractivity contribution is 6.74. The molecule has 0 aromatic heterocycles. The molecule has 2 N–H and O–H groups in total. The molecule has 8 atom stereocenters. The van der Waals surface area contributed by atoms with Gasteiger partial charge in [-0.15, -0.1) is 0 Å². The fourth-order valence-electron chi connectivity index (χ4n) is 8.65. The lowest BCUT2D eigenvalue weighted by Gasteiger charge is -2.56. The smallest absolute Gasteiger partial charge is 0.192 e. The molecule has 218 valence electrons. The van der Waals surface area contributed by atoms with E-state index < -0.39 is 19.5 Å². The minimum Gasteiger partial charge on any atom is -0.414 e. The van der Waals surface area contributed by atoms with Crippen LogP contribution >= 0.6 is 0 Å². The van der Waals surface area contributed by atoms with Crippen LogP contribution in [0.3, 0.4) is 0 Å². The predicted molar refractivity (Wildman–Crippen MR) is 163 cm³/mol. The normalized spacial score (nSPS) is 38.3. The minimum absolute atomic E-state index is 0.260. The number of fused-ring (bicyclic) bond motifs is 5. The highest BCUT2D eigenvalue weighted by atomic mass is 28.4. The molecule has 3 nitrogen and oxygen atoms in total. The maximum atomic E-state index is 10.9. The molecule has 0 spiro atoms. The molecule has 4 aliphatic rings. The van der Waals surface area contributed by atoms with Crippen molar-refractivity contribution in [3.63, 3.8) is 0 Å². The minimum atomic E-state index is -1.76. The lowest BCUT2D eigenvalue weighted by Crippen LogP contribution is -2.49. The summed E-state index contributed by atoms with van der Waals surface area (Å²) in [6.45, 7) is 24.7. The monoisotopic (exact) mass is 544 g/mol. The van der Waals surface area contributed by atoms with E-state index in [4.69, 9.17) is 4.43 Å². The fourth-order valence-corrected chi connectivity index (χ4v) is 10.0. The van der Waals surface area contributed by atoms with Crippen LogP contribution in [-0.4, -0.2) is 35.8 Å². The third-order valence-corrected chi connectivity index (χ3v) is 17.5. The topological polar surface area (TPSA) is 49.7 Å². The van der Waals surface area contributed by atoms with Gasteiger partial charge in [0.05, 0.1) is 11.2 Å². The molecule has 4 aliphatic carbocycles. The average molecular weight is 545 g/mol. The van der Waals surface area contributed by atoms with Crippen LogP contribution in [0.2, 0.25) is 18.1 Å². The summed E-state index contributed by atoms with van der Waals surface area (Å²) in [4.78, 5) is 0. The maximum Gasteiger partial charge on any atom is 0.192 e. The summed E-state index contributed by atoms with van der Waals surface area (Å²) in [6, 6.07) is 0. The van der Waals surface area contributed by atoms with Gasteiger partial charge in [-0.1, -0.05) is 64.8 Å². The average Bonchev–Trinajstić information content (AvgIpc) is 3.13. The first-order chi connectivity index (χ1) is 17.2. The van der Waals surface area contributed by atoms with E-state index in [0.29, 0.717) is 47.0 Å². The molecular formula is C34H60O3Si. The molecular weight excluding hydrogens is 484 g/mol. The van der Waals surface area contributed by atoms with Crippen molar-refractivity contribution in [2.75, 3.05) is 0 Å². The van der Waals surface area contributed by atoms with Crippen LogP contribution in [0, 0.1) is 34.5 Å². The Morgan fingerprint density at radius 1 is 0.947 bits per heavy atom. The van der Waals surface area contributed by atoms with Crippen molar-refractivity contribution >= 4 is 8.32 Å². The summed E-state index contributed by atoms with van der Waals surface area (Å²) in [7, 11) is -1.76. The van der Waals surface area contributed by atoms with Gasteiger partial charge in [-0.3, -0.25) is 0 Å². The third kappa shape index (κ3) is 5.18. The van der Waals surface area contributed by atoms with Crippen molar-refractivity contribution in [3.8, 4) is 0 Å². The van der Waals surface area contributed by atoms with E-state index in [1.807, 2.05) is 0 Å².